The molecule has 2 N–H and O–H groups in total. The van der Waals surface area contributed by atoms with Gasteiger partial charge in [-0.25, -0.2) is 4.98 Å². The average molecular weight is 654 g/mol. The molecule has 2 aromatic rings. The van der Waals surface area contributed by atoms with Crippen molar-refractivity contribution < 1.29 is 23.8 Å². The minimum absolute atomic E-state index is 0.0957. The van der Waals surface area contributed by atoms with Crippen LogP contribution in [0.1, 0.15) is 71.0 Å². The van der Waals surface area contributed by atoms with Gasteiger partial charge in [0.25, 0.3) is 0 Å². The summed E-state index contributed by atoms with van der Waals surface area (Å²) in [7, 11) is 1.92. The van der Waals surface area contributed by atoms with Gasteiger partial charge in [-0.2, -0.15) is 0 Å². The lowest BCUT2D eigenvalue weighted by Gasteiger charge is -2.35. The molecule has 0 bridgehead atoms. The van der Waals surface area contributed by atoms with Crippen LogP contribution < -0.4 is 10.5 Å². The third-order valence-electron chi connectivity index (χ3n) is 7.00. The summed E-state index contributed by atoms with van der Waals surface area (Å²) in [6.07, 6.45) is 1.95. The predicted molar refractivity (Wildman–Crippen MR) is 165 cm³/mol. The van der Waals surface area contributed by atoms with E-state index in [0.717, 1.165) is 35.7 Å². The van der Waals surface area contributed by atoms with Crippen LogP contribution >= 0.6 is 27.3 Å². The second-order valence-corrected chi connectivity index (χ2v) is 13.5. The lowest BCUT2D eigenvalue weighted by Crippen LogP contribution is -2.51. The minimum atomic E-state index is -0.904. The highest BCUT2D eigenvalue weighted by molar-refractivity contribution is 9.10. The summed E-state index contributed by atoms with van der Waals surface area (Å²) in [4.78, 5) is 34.6. The van der Waals surface area contributed by atoms with Crippen LogP contribution in [0.2, 0.25) is 0 Å². The number of esters is 2. The predicted octanol–water partition coefficient (Wildman–Crippen LogP) is 5.18. The Balaban J connectivity index is 1.76. The van der Waals surface area contributed by atoms with Gasteiger partial charge in [-0.15, -0.1) is 11.3 Å². The number of para-hydroxylation sites is 1. The van der Waals surface area contributed by atoms with E-state index < -0.39 is 23.7 Å². The van der Waals surface area contributed by atoms with Crippen molar-refractivity contribution >= 4 is 39.2 Å². The quantitative estimate of drug-likeness (QED) is 0.293. The number of aromatic nitrogens is 1. The normalized spacial score (nSPS) is 18.4. The number of hydrogen-bond acceptors (Lipinski definition) is 10. The number of hydrogen-bond donors (Lipinski definition) is 1. The summed E-state index contributed by atoms with van der Waals surface area (Å²) >= 11 is 4.86. The van der Waals surface area contributed by atoms with E-state index in [1.54, 1.807) is 6.92 Å². The van der Waals surface area contributed by atoms with Crippen molar-refractivity contribution in [1.82, 2.24) is 14.8 Å². The summed E-state index contributed by atoms with van der Waals surface area (Å²) in [5.41, 5.74) is 6.84. The highest BCUT2D eigenvalue weighted by atomic mass is 79.9. The van der Waals surface area contributed by atoms with Crippen LogP contribution in [-0.4, -0.2) is 77.3 Å². The fraction of sp³-hybridized carbons (Fsp3) is 0.633. The van der Waals surface area contributed by atoms with Crippen LogP contribution in [0.4, 0.5) is 0 Å². The first-order chi connectivity index (χ1) is 19.3. The molecular weight excluding hydrogens is 608 g/mol. The highest BCUT2D eigenvalue weighted by Gasteiger charge is 2.39. The van der Waals surface area contributed by atoms with Gasteiger partial charge >= 0.3 is 11.9 Å². The van der Waals surface area contributed by atoms with E-state index in [1.165, 1.54) is 11.3 Å². The summed E-state index contributed by atoms with van der Waals surface area (Å²) in [5, 5.41) is 2.60. The van der Waals surface area contributed by atoms with Crippen molar-refractivity contribution in [1.29, 1.82) is 0 Å². The molecule has 0 aliphatic carbocycles. The maximum absolute atomic E-state index is 13.1. The van der Waals surface area contributed by atoms with E-state index in [2.05, 4.69) is 39.7 Å². The van der Waals surface area contributed by atoms with Gasteiger partial charge in [0.1, 0.15) is 39.7 Å². The Bertz CT molecular complexity index is 1150. The van der Waals surface area contributed by atoms with Crippen LogP contribution in [0, 0.1) is 5.92 Å². The molecule has 4 atom stereocenters. The zero-order valence-corrected chi connectivity index (χ0v) is 27.7. The van der Waals surface area contributed by atoms with Crippen molar-refractivity contribution in [3.63, 3.8) is 0 Å². The van der Waals surface area contributed by atoms with E-state index in [1.807, 2.05) is 62.4 Å². The summed E-state index contributed by atoms with van der Waals surface area (Å²) < 4.78 is 18.1. The number of thiazole rings is 1. The number of benzene rings is 1. The number of nitrogens with two attached hydrogens (primary N) is 1. The molecule has 1 aliphatic heterocycles. The van der Waals surface area contributed by atoms with Crippen LogP contribution in [0.15, 0.2) is 34.2 Å². The Morgan fingerprint density at radius 2 is 1.95 bits per heavy atom. The molecule has 0 amide bonds. The van der Waals surface area contributed by atoms with Crippen LogP contribution in [0.5, 0.6) is 5.75 Å². The lowest BCUT2D eigenvalue weighted by atomic mass is 10.0. The average Bonchev–Trinajstić information content (AvgIpc) is 3.51. The van der Waals surface area contributed by atoms with Gasteiger partial charge in [-0.3, -0.25) is 19.4 Å². The topological polar surface area (TPSA) is 107 Å². The van der Waals surface area contributed by atoms with E-state index in [4.69, 9.17) is 19.9 Å². The molecule has 11 heteroatoms. The summed E-state index contributed by atoms with van der Waals surface area (Å²) in [6.45, 7) is 13.6. The van der Waals surface area contributed by atoms with Crippen LogP contribution in [0.25, 0.3) is 0 Å². The van der Waals surface area contributed by atoms with E-state index >= 15 is 0 Å². The van der Waals surface area contributed by atoms with Crippen LogP contribution in [0.3, 0.4) is 0 Å². The van der Waals surface area contributed by atoms with E-state index in [0.29, 0.717) is 17.8 Å². The van der Waals surface area contributed by atoms with Crippen LogP contribution in [-0.2, 0) is 25.6 Å². The number of likely N-dealkylation sites (N-methyl/N-ethyl adjacent to an activating group) is 1. The first kappa shape index (κ1) is 33.5. The lowest BCUT2D eigenvalue weighted by molar-refractivity contribution is -0.164. The summed E-state index contributed by atoms with van der Waals surface area (Å²) in [5.74, 6) is 0.219. The minimum Gasteiger partial charge on any atom is -0.492 e. The molecule has 3 rings (SSSR count). The second-order valence-electron chi connectivity index (χ2n) is 11.8. The van der Waals surface area contributed by atoms with Gasteiger partial charge in [0.2, 0.25) is 0 Å². The summed E-state index contributed by atoms with van der Waals surface area (Å²) in [6, 6.07) is 6.27. The van der Waals surface area contributed by atoms with Crippen molar-refractivity contribution in [3.05, 3.63) is 44.8 Å². The third-order valence-corrected chi connectivity index (χ3v) is 8.63. The maximum atomic E-state index is 13.1. The Morgan fingerprint density at radius 1 is 1.24 bits per heavy atom. The van der Waals surface area contributed by atoms with Gasteiger partial charge in [-0.1, -0.05) is 32.0 Å². The molecule has 0 saturated carbocycles. The fourth-order valence-electron chi connectivity index (χ4n) is 5.27. The standard InChI is InChI=1S/C30H45BrN4O5S/c1-8-38-28(36)24(32)26(27-33-23(31)18-41-27)34(7)16-20-12-9-10-14-22(20)39-17-21-13-11-15-35(21)25(19(2)3)29(37)40-30(4,5)6/h9-10,12,14,18-19,21,24-26H,8,11,13,15-17,32H2,1-7H3/t21-,24+,25+,26+/m1/s1. The zero-order chi connectivity index (χ0) is 30.3. The Morgan fingerprint density at radius 3 is 2.56 bits per heavy atom. The molecule has 1 aliphatic rings. The molecule has 1 saturated heterocycles. The number of nitrogens with zero attached hydrogens (tertiary/aromatic N) is 3. The fourth-order valence-corrected chi connectivity index (χ4v) is 6.75. The molecular formula is C30H45BrN4O5S. The zero-order valence-electron chi connectivity index (χ0n) is 25.3. The molecule has 228 valence electrons. The molecule has 0 radical (unpaired) electrons. The first-order valence-corrected chi connectivity index (χ1v) is 15.9. The number of halogens is 1. The number of likely N-dealkylation sites (tertiary alicyclic amines) is 1. The molecule has 41 heavy (non-hydrogen) atoms. The van der Waals surface area contributed by atoms with Gasteiger partial charge in [0.15, 0.2) is 0 Å². The number of carbonyl (C=O) groups is 2. The highest BCUT2D eigenvalue weighted by Crippen LogP contribution is 2.32. The molecule has 1 aromatic carbocycles. The number of ether oxygens (including phenoxy) is 3. The Kier molecular flexibility index (Phi) is 12.2. The number of carbonyl (C=O) groups excluding carboxylic acids is 2. The molecule has 1 fully saturated rings. The maximum Gasteiger partial charge on any atom is 0.324 e. The SMILES string of the molecule is CCOC(=O)[C@@H](N)[C@@H](c1nc(Br)cs1)N(C)Cc1ccccc1OC[C@H]1CCCN1[C@H](C(=O)OC(C)(C)C)C(C)C. The van der Waals surface area contributed by atoms with E-state index in [-0.39, 0.29) is 30.6 Å². The molecule has 2 heterocycles. The van der Waals surface area contributed by atoms with Gasteiger partial charge in [0, 0.05) is 23.5 Å². The second kappa shape index (κ2) is 14.9. The van der Waals surface area contributed by atoms with Crippen molar-refractivity contribution in [2.24, 2.45) is 11.7 Å². The molecule has 1 aromatic heterocycles. The molecule has 9 nitrogen and oxygen atoms in total. The Hall–Kier alpha value is -2.05. The smallest absolute Gasteiger partial charge is 0.324 e. The molecule has 0 spiro atoms. The van der Waals surface area contributed by atoms with Gasteiger partial charge in [-0.05, 0) is 82.0 Å². The Labute approximate surface area is 256 Å². The first-order valence-electron chi connectivity index (χ1n) is 14.2. The largest absolute Gasteiger partial charge is 0.492 e. The van der Waals surface area contributed by atoms with Crippen molar-refractivity contribution in [2.45, 2.75) is 90.7 Å². The van der Waals surface area contributed by atoms with Gasteiger partial charge in [0.05, 0.1) is 12.6 Å². The van der Waals surface area contributed by atoms with E-state index in [9.17, 15) is 9.59 Å². The number of rotatable bonds is 13. The monoisotopic (exact) mass is 652 g/mol. The van der Waals surface area contributed by atoms with Gasteiger partial charge < -0.3 is 19.9 Å². The third kappa shape index (κ3) is 9.22. The van der Waals surface area contributed by atoms with Crippen molar-refractivity contribution in [2.75, 3.05) is 26.8 Å². The van der Waals surface area contributed by atoms with Crippen molar-refractivity contribution in [3.8, 4) is 5.75 Å². The molecule has 0 unspecified atom stereocenters.